The summed E-state index contributed by atoms with van der Waals surface area (Å²) in [5.41, 5.74) is 2.11. The Kier molecular flexibility index (Phi) is 5.28. The Hall–Kier alpha value is -2.05. The quantitative estimate of drug-likeness (QED) is 0.904. The van der Waals surface area contributed by atoms with Gasteiger partial charge in [0.25, 0.3) is 0 Å². The molecule has 0 spiro atoms. The average Bonchev–Trinajstić information content (AvgIpc) is 2.79. The molecule has 0 unspecified atom stereocenters. The predicted octanol–water partition coefficient (Wildman–Crippen LogP) is 1.05. The van der Waals surface area contributed by atoms with Crippen molar-refractivity contribution in [1.29, 1.82) is 0 Å². The second-order valence-corrected chi connectivity index (χ2v) is 6.41. The number of carbonyl (C=O) groups excluding carboxylic acids is 2. The van der Waals surface area contributed by atoms with Crippen LogP contribution in [-0.4, -0.2) is 58.5 Å². The minimum atomic E-state index is -0.0244. The van der Waals surface area contributed by atoms with Crippen LogP contribution in [-0.2, 0) is 18.4 Å². The first-order valence-corrected chi connectivity index (χ1v) is 8.04. The van der Waals surface area contributed by atoms with Gasteiger partial charge >= 0.3 is 6.03 Å². The zero-order valence-electron chi connectivity index (χ0n) is 14.7. The monoisotopic (exact) mass is 321 g/mol. The molecule has 0 saturated carbocycles. The first kappa shape index (κ1) is 17.3. The van der Waals surface area contributed by atoms with E-state index in [1.165, 1.54) is 0 Å². The fourth-order valence-electron chi connectivity index (χ4n) is 2.87. The van der Waals surface area contributed by atoms with Crippen molar-refractivity contribution in [2.75, 3.05) is 27.2 Å². The minimum absolute atomic E-state index is 0.0165. The maximum absolute atomic E-state index is 12.3. The van der Waals surface area contributed by atoms with Crippen molar-refractivity contribution in [3.63, 3.8) is 0 Å². The fraction of sp³-hybridized carbons (Fsp3) is 0.688. The van der Waals surface area contributed by atoms with Crippen molar-refractivity contribution in [3.8, 4) is 0 Å². The first-order valence-electron chi connectivity index (χ1n) is 8.04. The number of rotatable bonds is 3. The Morgan fingerprint density at radius 2 is 1.87 bits per heavy atom. The lowest BCUT2D eigenvalue weighted by Crippen LogP contribution is -2.46. The molecule has 1 saturated heterocycles. The number of urea groups is 1. The molecule has 0 atom stereocenters. The predicted molar refractivity (Wildman–Crippen MR) is 87.9 cm³/mol. The van der Waals surface area contributed by atoms with Gasteiger partial charge in [0.1, 0.15) is 5.82 Å². The Bertz CT molecular complexity index is 586. The third-order valence-electron chi connectivity index (χ3n) is 4.65. The van der Waals surface area contributed by atoms with Gasteiger partial charge in [-0.15, -0.1) is 0 Å². The lowest BCUT2D eigenvalue weighted by Gasteiger charge is -2.33. The van der Waals surface area contributed by atoms with E-state index < -0.39 is 0 Å². The van der Waals surface area contributed by atoms with Gasteiger partial charge in [0.05, 0.1) is 12.2 Å². The standard InChI is InChI=1S/C16H27N5O2/c1-11-12(2)20(5)14(18-11)10-17-15(22)13-6-8-21(9-7-13)16(23)19(3)4/h13H,6-10H2,1-5H3,(H,17,22). The summed E-state index contributed by atoms with van der Waals surface area (Å²) in [6.07, 6.45) is 1.42. The lowest BCUT2D eigenvalue weighted by molar-refractivity contribution is -0.126. The third-order valence-corrected chi connectivity index (χ3v) is 4.65. The number of nitrogens with one attached hydrogen (secondary N) is 1. The van der Waals surface area contributed by atoms with Crippen molar-refractivity contribution in [3.05, 3.63) is 17.2 Å². The molecule has 0 radical (unpaired) electrons. The molecule has 0 bridgehead atoms. The molecular formula is C16H27N5O2. The van der Waals surface area contributed by atoms with Crippen molar-refractivity contribution in [2.24, 2.45) is 13.0 Å². The van der Waals surface area contributed by atoms with Crippen LogP contribution in [0.25, 0.3) is 0 Å². The zero-order chi connectivity index (χ0) is 17.1. The van der Waals surface area contributed by atoms with Crippen LogP contribution < -0.4 is 5.32 Å². The molecular weight excluding hydrogens is 294 g/mol. The molecule has 3 amide bonds. The SMILES string of the molecule is Cc1nc(CNC(=O)C2CCN(C(=O)N(C)C)CC2)n(C)c1C. The molecule has 2 heterocycles. The highest BCUT2D eigenvalue weighted by Gasteiger charge is 2.28. The van der Waals surface area contributed by atoms with Crippen molar-refractivity contribution in [1.82, 2.24) is 24.7 Å². The molecule has 7 nitrogen and oxygen atoms in total. The highest BCUT2D eigenvalue weighted by molar-refractivity contribution is 5.79. The van der Waals surface area contributed by atoms with Gasteiger partial charge < -0.3 is 19.7 Å². The molecule has 2 rings (SSSR count). The molecule has 1 aromatic heterocycles. The Morgan fingerprint density at radius 3 is 2.35 bits per heavy atom. The van der Waals surface area contributed by atoms with Crippen molar-refractivity contribution >= 4 is 11.9 Å². The summed E-state index contributed by atoms with van der Waals surface area (Å²) in [4.78, 5) is 32.1. The van der Waals surface area contributed by atoms with Gasteiger partial charge in [0.15, 0.2) is 0 Å². The molecule has 1 aliphatic rings. The average molecular weight is 321 g/mol. The van der Waals surface area contributed by atoms with Gasteiger partial charge in [0, 0.05) is 45.8 Å². The summed E-state index contributed by atoms with van der Waals surface area (Å²) < 4.78 is 2.01. The van der Waals surface area contributed by atoms with Gasteiger partial charge in [0.2, 0.25) is 5.91 Å². The van der Waals surface area contributed by atoms with Crippen LogP contribution in [0.4, 0.5) is 4.79 Å². The number of amides is 3. The number of carbonyl (C=O) groups is 2. The molecule has 0 aliphatic carbocycles. The highest BCUT2D eigenvalue weighted by Crippen LogP contribution is 2.18. The second-order valence-electron chi connectivity index (χ2n) is 6.41. The number of aryl methyl sites for hydroxylation is 1. The van der Waals surface area contributed by atoms with Crippen LogP contribution in [0.3, 0.4) is 0 Å². The summed E-state index contributed by atoms with van der Waals surface area (Å²) in [6.45, 7) is 5.70. The maximum atomic E-state index is 12.3. The van der Waals surface area contributed by atoms with E-state index in [-0.39, 0.29) is 17.9 Å². The molecule has 1 N–H and O–H groups in total. The van der Waals surface area contributed by atoms with Crippen LogP contribution in [0.1, 0.15) is 30.1 Å². The van der Waals surface area contributed by atoms with Crippen LogP contribution in [0.5, 0.6) is 0 Å². The van der Waals surface area contributed by atoms with E-state index in [1.807, 2.05) is 25.5 Å². The normalized spacial score (nSPS) is 15.6. The molecule has 0 aromatic carbocycles. The number of hydrogen-bond donors (Lipinski definition) is 1. The van der Waals surface area contributed by atoms with E-state index in [0.29, 0.717) is 32.5 Å². The minimum Gasteiger partial charge on any atom is -0.349 e. The molecule has 1 aromatic rings. The summed E-state index contributed by atoms with van der Waals surface area (Å²) >= 11 is 0. The molecule has 1 fully saturated rings. The number of hydrogen-bond acceptors (Lipinski definition) is 3. The molecule has 1 aliphatic heterocycles. The fourth-order valence-corrected chi connectivity index (χ4v) is 2.87. The van der Waals surface area contributed by atoms with E-state index in [9.17, 15) is 9.59 Å². The molecule has 128 valence electrons. The number of piperidine rings is 1. The summed E-state index contributed by atoms with van der Waals surface area (Å²) in [5, 5.41) is 2.98. The van der Waals surface area contributed by atoms with E-state index in [0.717, 1.165) is 17.2 Å². The number of aromatic nitrogens is 2. The van der Waals surface area contributed by atoms with Gasteiger partial charge in [-0.25, -0.2) is 9.78 Å². The molecule has 7 heteroatoms. The Morgan fingerprint density at radius 1 is 1.26 bits per heavy atom. The van der Waals surface area contributed by atoms with E-state index in [1.54, 1.807) is 23.9 Å². The summed E-state index contributed by atoms with van der Waals surface area (Å²) in [6, 6.07) is 0.0165. The highest BCUT2D eigenvalue weighted by atomic mass is 16.2. The number of likely N-dealkylation sites (tertiary alicyclic amines) is 1. The molecule has 23 heavy (non-hydrogen) atoms. The smallest absolute Gasteiger partial charge is 0.319 e. The number of nitrogens with zero attached hydrogens (tertiary/aromatic N) is 4. The summed E-state index contributed by atoms with van der Waals surface area (Å²) in [7, 11) is 5.46. The lowest BCUT2D eigenvalue weighted by atomic mass is 9.96. The van der Waals surface area contributed by atoms with Gasteiger partial charge in [-0.05, 0) is 26.7 Å². The summed E-state index contributed by atoms with van der Waals surface area (Å²) in [5.74, 6) is 0.900. The van der Waals surface area contributed by atoms with Crippen molar-refractivity contribution < 1.29 is 9.59 Å². The first-order chi connectivity index (χ1) is 10.8. The largest absolute Gasteiger partial charge is 0.349 e. The van der Waals surface area contributed by atoms with Crippen LogP contribution in [0.15, 0.2) is 0 Å². The third kappa shape index (κ3) is 3.83. The van der Waals surface area contributed by atoms with E-state index in [2.05, 4.69) is 10.3 Å². The second kappa shape index (κ2) is 7.02. The van der Waals surface area contributed by atoms with Crippen LogP contribution >= 0.6 is 0 Å². The van der Waals surface area contributed by atoms with Crippen LogP contribution in [0.2, 0.25) is 0 Å². The van der Waals surface area contributed by atoms with Gasteiger partial charge in [-0.1, -0.05) is 0 Å². The van der Waals surface area contributed by atoms with Gasteiger partial charge in [-0.2, -0.15) is 0 Å². The van der Waals surface area contributed by atoms with Gasteiger partial charge in [-0.3, -0.25) is 4.79 Å². The zero-order valence-corrected chi connectivity index (χ0v) is 14.7. The maximum Gasteiger partial charge on any atom is 0.319 e. The Labute approximate surface area is 137 Å². The Balaban J connectivity index is 1.83. The van der Waals surface area contributed by atoms with E-state index in [4.69, 9.17) is 0 Å². The number of imidazole rings is 1. The van der Waals surface area contributed by atoms with Crippen LogP contribution in [0, 0.1) is 19.8 Å². The van der Waals surface area contributed by atoms with Crippen molar-refractivity contribution in [2.45, 2.75) is 33.2 Å². The van der Waals surface area contributed by atoms with E-state index >= 15 is 0 Å². The topological polar surface area (TPSA) is 70.5 Å².